The quantitative estimate of drug-likeness (QED) is 0.911. The number of hydrogen-bond acceptors (Lipinski definition) is 2. The molecular formula is C17H23ClN2O. The molecule has 1 unspecified atom stereocenters. The highest BCUT2D eigenvalue weighted by Gasteiger charge is 2.16. The minimum atomic E-state index is -0.557. The summed E-state index contributed by atoms with van der Waals surface area (Å²) in [6.07, 6.45) is 0.991. The van der Waals surface area contributed by atoms with Crippen molar-refractivity contribution in [2.24, 2.45) is 13.0 Å². The molecule has 1 aromatic carbocycles. The smallest absolute Gasteiger partial charge is 0.130 e. The van der Waals surface area contributed by atoms with Crippen LogP contribution in [-0.2, 0) is 19.9 Å². The lowest BCUT2D eigenvalue weighted by molar-refractivity contribution is 0.178. The van der Waals surface area contributed by atoms with Gasteiger partial charge in [0.25, 0.3) is 0 Å². The SMILES string of the molecule is Cc1nn(C)c(Cl)c1CC(O)c1ccc(CC(C)C)cc1. The van der Waals surface area contributed by atoms with Crippen LogP contribution >= 0.6 is 11.6 Å². The van der Waals surface area contributed by atoms with E-state index in [1.807, 2.05) is 26.1 Å². The minimum absolute atomic E-state index is 0.488. The summed E-state index contributed by atoms with van der Waals surface area (Å²) in [6, 6.07) is 8.19. The Labute approximate surface area is 131 Å². The van der Waals surface area contributed by atoms with E-state index in [4.69, 9.17) is 11.6 Å². The second-order valence-electron chi connectivity index (χ2n) is 6.04. The standard InChI is InChI=1S/C17H23ClN2O/c1-11(2)9-13-5-7-14(8-6-13)16(21)10-15-12(3)19-20(4)17(15)18/h5-8,11,16,21H,9-10H2,1-4H3. The first kappa shape index (κ1) is 16.1. The van der Waals surface area contributed by atoms with Gasteiger partial charge in [0.2, 0.25) is 0 Å². The molecule has 1 aromatic heterocycles. The maximum Gasteiger partial charge on any atom is 0.130 e. The summed E-state index contributed by atoms with van der Waals surface area (Å²) in [6.45, 7) is 6.32. The number of aryl methyl sites for hydroxylation is 2. The topological polar surface area (TPSA) is 38.0 Å². The van der Waals surface area contributed by atoms with E-state index in [2.05, 4.69) is 31.1 Å². The largest absolute Gasteiger partial charge is 0.388 e. The van der Waals surface area contributed by atoms with Gasteiger partial charge in [-0.3, -0.25) is 4.68 Å². The Hall–Kier alpha value is -1.32. The number of aromatic nitrogens is 2. The van der Waals surface area contributed by atoms with Crippen molar-refractivity contribution in [1.29, 1.82) is 0 Å². The van der Waals surface area contributed by atoms with Crippen LogP contribution in [-0.4, -0.2) is 14.9 Å². The number of halogens is 1. The van der Waals surface area contributed by atoms with Crippen molar-refractivity contribution in [2.75, 3.05) is 0 Å². The second-order valence-corrected chi connectivity index (χ2v) is 6.40. The van der Waals surface area contributed by atoms with Crippen LogP contribution in [0.2, 0.25) is 5.15 Å². The van der Waals surface area contributed by atoms with Crippen molar-refractivity contribution in [2.45, 2.75) is 39.7 Å². The highest BCUT2D eigenvalue weighted by Crippen LogP contribution is 2.26. The fourth-order valence-electron chi connectivity index (χ4n) is 2.56. The summed E-state index contributed by atoms with van der Waals surface area (Å²) in [5, 5.41) is 15.3. The van der Waals surface area contributed by atoms with E-state index in [1.54, 1.807) is 4.68 Å². The van der Waals surface area contributed by atoms with Crippen molar-refractivity contribution < 1.29 is 5.11 Å². The molecule has 0 aliphatic heterocycles. The first-order valence-corrected chi connectivity index (χ1v) is 7.71. The maximum absolute atomic E-state index is 10.4. The summed E-state index contributed by atoms with van der Waals surface area (Å²) < 4.78 is 1.64. The molecule has 0 spiro atoms. The van der Waals surface area contributed by atoms with Crippen LogP contribution in [0, 0.1) is 12.8 Å². The zero-order chi connectivity index (χ0) is 15.6. The summed E-state index contributed by atoms with van der Waals surface area (Å²) in [4.78, 5) is 0. The lowest BCUT2D eigenvalue weighted by atomic mass is 9.98. The van der Waals surface area contributed by atoms with Crippen LogP contribution in [0.4, 0.5) is 0 Å². The van der Waals surface area contributed by atoms with Gasteiger partial charge in [-0.25, -0.2) is 0 Å². The lowest BCUT2D eigenvalue weighted by Gasteiger charge is -2.12. The maximum atomic E-state index is 10.4. The molecule has 0 aliphatic rings. The van der Waals surface area contributed by atoms with Gasteiger partial charge < -0.3 is 5.11 Å². The fraction of sp³-hybridized carbons (Fsp3) is 0.471. The van der Waals surface area contributed by atoms with Gasteiger partial charge in [-0.2, -0.15) is 5.10 Å². The van der Waals surface area contributed by atoms with Gasteiger partial charge in [-0.15, -0.1) is 0 Å². The Kier molecular flexibility index (Phi) is 5.07. The van der Waals surface area contributed by atoms with E-state index in [-0.39, 0.29) is 0 Å². The monoisotopic (exact) mass is 306 g/mol. The first-order valence-electron chi connectivity index (χ1n) is 7.33. The molecule has 0 bridgehead atoms. The predicted octanol–water partition coefficient (Wildman–Crippen LogP) is 3.86. The molecule has 1 N–H and O–H groups in total. The zero-order valence-electron chi connectivity index (χ0n) is 13.1. The Morgan fingerprint density at radius 1 is 1.19 bits per heavy atom. The van der Waals surface area contributed by atoms with Gasteiger partial charge in [0, 0.05) is 19.0 Å². The lowest BCUT2D eigenvalue weighted by Crippen LogP contribution is -2.03. The van der Waals surface area contributed by atoms with Crippen LogP contribution in [0.5, 0.6) is 0 Å². The van der Waals surface area contributed by atoms with Gasteiger partial charge >= 0.3 is 0 Å². The third kappa shape index (κ3) is 3.86. The molecule has 1 heterocycles. The Morgan fingerprint density at radius 2 is 1.81 bits per heavy atom. The number of rotatable bonds is 5. The predicted molar refractivity (Wildman–Crippen MR) is 86.6 cm³/mol. The van der Waals surface area contributed by atoms with Crippen LogP contribution in [0.1, 0.15) is 42.3 Å². The minimum Gasteiger partial charge on any atom is -0.388 e. The van der Waals surface area contributed by atoms with Gasteiger partial charge in [0.15, 0.2) is 0 Å². The number of aliphatic hydroxyl groups excluding tert-OH is 1. The number of hydrogen-bond donors (Lipinski definition) is 1. The Balaban J connectivity index is 2.11. The van der Waals surface area contributed by atoms with Crippen LogP contribution in [0.25, 0.3) is 0 Å². The summed E-state index contributed by atoms with van der Waals surface area (Å²) in [7, 11) is 1.81. The molecule has 1 atom stereocenters. The van der Waals surface area contributed by atoms with Crippen molar-refractivity contribution >= 4 is 11.6 Å². The summed E-state index contributed by atoms with van der Waals surface area (Å²) >= 11 is 6.22. The van der Waals surface area contributed by atoms with Gasteiger partial charge in [-0.1, -0.05) is 49.7 Å². The molecule has 0 saturated carbocycles. The average molecular weight is 307 g/mol. The normalized spacial score (nSPS) is 12.9. The molecule has 21 heavy (non-hydrogen) atoms. The first-order chi connectivity index (χ1) is 9.88. The highest BCUT2D eigenvalue weighted by atomic mass is 35.5. The van der Waals surface area contributed by atoms with Crippen molar-refractivity contribution in [1.82, 2.24) is 9.78 Å². The average Bonchev–Trinajstić information content (AvgIpc) is 2.65. The van der Waals surface area contributed by atoms with Gasteiger partial charge in [-0.05, 0) is 30.4 Å². The Morgan fingerprint density at radius 3 is 2.29 bits per heavy atom. The zero-order valence-corrected chi connectivity index (χ0v) is 13.9. The van der Waals surface area contributed by atoms with Crippen molar-refractivity contribution in [3.8, 4) is 0 Å². The summed E-state index contributed by atoms with van der Waals surface area (Å²) in [5.41, 5.74) is 4.01. The molecule has 0 fully saturated rings. The third-order valence-corrected chi connectivity index (χ3v) is 4.15. The summed E-state index contributed by atoms with van der Waals surface area (Å²) in [5.74, 6) is 0.637. The van der Waals surface area contributed by atoms with E-state index in [0.29, 0.717) is 17.5 Å². The number of benzene rings is 1. The van der Waals surface area contributed by atoms with E-state index < -0.39 is 6.10 Å². The van der Waals surface area contributed by atoms with Crippen LogP contribution < -0.4 is 0 Å². The molecule has 114 valence electrons. The van der Waals surface area contributed by atoms with E-state index in [1.165, 1.54) is 5.56 Å². The molecule has 0 aliphatic carbocycles. The molecule has 0 saturated heterocycles. The van der Waals surface area contributed by atoms with E-state index in [9.17, 15) is 5.11 Å². The fourth-order valence-corrected chi connectivity index (χ4v) is 2.82. The second kappa shape index (κ2) is 6.63. The molecule has 4 heteroatoms. The van der Waals surface area contributed by atoms with E-state index in [0.717, 1.165) is 23.2 Å². The van der Waals surface area contributed by atoms with Gasteiger partial charge in [0.1, 0.15) is 5.15 Å². The molecule has 0 amide bonds. The molecule has 2 rings (SSSR count). The van der Waals surface area contributed by atoms with Gasteiger partial charge in [0.05, 0.1) is 11.8 Å². The number of nitrogens with zero attached hydrogens (tertiary/aromatic N) is 2. The van der Waals surface area contributed by atoms with E-state index >= 15 is 0 Å². The van der Waals surface area contributed by atoms with Crippen molar-refractivity contribution in [3.63, 3.8) is 0 Å². The van der Waals surface area contributed by atoms with Crippen LogP contribution in [0.15, 0.2) is 24.3 Å². The molecule has 0 radical (unpaired) electrons. The Bertz CT molecular complexity index is 602. The highest BCUT2D eigenvalue weighted by molar-refractivity contribution is 6.30. The number of aliphatic hydroxyl groups is 1. The third-order valence-electron chi connectivity index (χ3n) is 3.68. The van der Waals surface area contributed by atoms with Crippen molar-refractivity contribution in [3.05, 3.63) is 51.8 Å². The molecule has 3 nitrogen and oxygen atoms in total. The molecule has 2 aromatic rings. The molecular weight excluding hydrogens is 284 g/mol. The van der Waals surface area contributed by atoms with Crippen LogP contribution in [0.3, 0.4) is 0 Å².